The number of piperazine rings is 1. The number of aromatic nitrogens is 4. The molecule has 1 amide bonds. The quantitative estimate of drug-likeness (QED) is 0.773. The van der Waals surface area contributed by atoms with Crippen molar-refractivity contribution >= 4 is 31.9 Å². The van der Waals surface area contributed by atoms with Crippen LogP contribution in [-0.4, -0.2) is 69.7 Å². The van der Waals surface area contributed by atoms with Crippen LogP contribution in [0.25, 0.3) is 0 Å². The molecule has 1 aliphatic heterocycles. The first-order valence-corrected chi connectivity index (χ1v) is 10.1. The fourth-order valence-corrected chi connectivity index (χ4v) is 4.72. The highest BCUT2D eigenvalue weighted by Gasteiger charge is 2.33. The molecule has 136 valence electrons. The van der Waals surface area contributed by atoms with E-state index in [2.05, 4.69) is 31.2 Å². The monoisotopic (exact) mass is 430 g/mol. The van der Waals surface area contributed by atoms with Crippen molar-refractivity contribution in [3.05, 3.63) is 28.3 Å². The predicted octanol–water partition coefficient (Wildman–Crippen LogP) is 0.844. The van der Waals surface area contributed by atoms with Gasteiger partial charge in [-0.3, -0.25) is 14.6 Å². The molecule has 0 unspecified atom stereocenters. The van der Waals surface area contributed by atoms with E-state index in [9.17, 15) is 13.2 Å². The van der Waals surface area contributed by atoms with Crippen LogP contribution in [0.2, 0.25) is 0 Å². The number of H-pyrrole nitrogens is 1. The van der Waals surface area contributed by atoms with Gasteiger partial charge in [0.2, 0.25) is 10.0 Å². The van der Waals surface area contributed by atoms with Crippen molar-refractivity contribution < 1.29 is 13.2 Å². The van der Waals surface area contributed by atoms with Gasteiger partial charge in [0, 0.05) is 38.9 Å². The second-order valence-corrected chi connectivity index (χ2v) is 8.48. The molecule has 0 atom stereocenters. The van der Waals surface area contributed by atoms with Gasteiger partial charge in [-0.1, -0.05) is 0 Å². The summed E-state index contributed by atoms with van der Waals surface area (Å²) in [6, 6.07) is 0. The molecule has 0 aromatic carbocycles. The molecule has 9 nitrogen and oxygen atoms in total. The number of carbonyl (C=O) groups is 1. The summed E-state index contributed by atoms with van der Waals surface area (Å²) < 4.78 is 29.3. The first-order chi connectivity index (χ1) is 11.8. The number of hydrogen-bond donors (Lipinski definition) is 1. The standard InChI is InChI=1S/C14H19BrN6O3S/c1-3-20-9-12(10(2)18-20)25(23,24)21-6-4-19(5-7-21)14(22)13-11(15)8-16-17-13/h8-9H,3-7H2,1-2H3,(H,16,17). The lowest BCUT2D eigenvalue weighted by Crippen LogP contribution is -2.50. The third-order valence-electron chi connectivity index (χ3n) is 4.18. The van der Waals surface area contributed by atoms with Crippen molar-refractivity contribution in [3.8, 4) is 0 Å². The number of hydrogen-bond acceptors (Lipinski definition) is 5. The molecule has 3 rings (SSSR count). The number of halogens is 1. The molecule has 1 fully saturated rings. The van der Waals surface area contributed by atoms with Gasteiger partial charge in [0.25, 0.3) is 5.91 Å². The maximum absolute atomic E-state index is 12.8. The Labute approximate surface area is 154 Å². The van der Waals surface area contributed by atoms with Gasteiger partial charge >= 0.3 is 0 Å². The van der Waals surface area contributed by atoms with E-state index in [4.69, 9.17) is 0 Å². The summed E-state index contributed by atoms with van der Waals surface area (Å²) in [6.07, 6.45) is 3.08. The lowest BCUT2D eigenvalue weighted by molar-refractivity contribution is 0.0691. The zero-order valence-corrected chi connectivity index (χ0v) is 16.3. The smallest absolute Gasteiger partial charge is 0.273 e. The highest BCUT2D eigenvalue weighted by Crippen LogP contribution is 2.22. The molecular formula is C14H19BrN6O3S. The van der Waals surface area contributed by atoms with E-state index >= 15 is 0 Å². The fourth-order valence-electron chi connectivity index (χ4n) is 2.77. The van der Waals surface area contributed by atoms with Gasteiger partial charge in [-0.15, -0.1) is 0 Å². The molecular weight excluding hydrogens is 412 g/mol. The predicted molar refractivity (Wildman–Crippen MR) is 93.6 cm³/mol. The number of nitrogens with zero attached hydrogens (tertiary/aromatic N) is 5. The molecule has 0 spiro atoms. The van der Waals surface area contributed by atoms with Gasteiger partial charge in [0.15, 0.2) is 0 Å². The molecule has 25 heavy (non-hydrogen) atoms. The summed E-state index contributed by atoms with van der Waals surface area (Å²) in [5.74, 6) is -0.198. The van der Waals surface area contributed by atoms with Crippen LogP contribution in [-0.2, 0) is 16.6 Å². The maximum Gasteiger partial charge on any atom is 0.273 e. The van der Waals surface area contributed by atoms with Crippen LogP contribution in [0.15, 0.2) is 21.8 Å². The van der Waals surface area contributed by atoms with E-state index in [0.29, 0.717) is 35.5 Å². The van der Waals surface area contributed by atoms with Crippen LogP contribution in [0, 0.1) is 6.92 Å². The second kappa shape index (κ2) is 6.89. The van der Waals surface area contributed by atoms with E-state index in [1.807, 2.05) is 6.92 Å². The lowest BCUT2D eigenvalue weighted by Gasteiger charge is -2.33. The van der Waals surface area contributed by atoms with Crippen LogP contribution in [0.1, 0.15) is 23.1 Å². The molecule has 0 bridgehead atoms. The van der Waals surface area contributed by atoms with Crippen LogP contribution >= 0.6 is 15.9 Å². The van der Waals surface area contributed by atoms with Gasteiger partial charge < -0.3 is 4.90 Å². The molecule has 2 aromatic heterocycles. The molecule has 1 N–H and O–H groups in total. The van der Waals surface area contributed by atoms with Crippen molar-refractivity contribution in [2.75, 3.05) is 26.2 Å². The Bertz CT molecular complexity index is 882. The molecule has 1 saturated heterocycles. The van der Waals surface area contributed by atoms with E-state index in [0.717, 1.165) is 0 Å². The van der Waals surface area contributed by atoms with Crippen LogP contribution in [0.5, 0.6) is 0 Å². The minimum Gasteiger partial charge on any atom is -0.335 e. The normalized spacial score (nSPS) is 16.4. The molecule has 0 aliphatic carbocycles. The zero-order valence-electron chi connectivity index (χ0n) is 13.9. The number of aryl methyl sites for hydroxylation is 2. The number of rotatable bonds is 4. The molecule has 3 heterocycles. The van der Waals surface area contributed by atoms with E-state index in [1.165, 1.54) is 10.5 Å². The lowest BCUT2D eigenvalue weighted by atomic mass is 10.3. The Morgan fingerprint density at radius 2 is 2.00 bits per heavy atom. The van der Waals surface area contributed by atoms with Gasteiger partial charge in [0.05, 0.1) is 16.4 Å². The fraction of sp³-hybridized carbons (Fsp3) is 0.500. The minimum absolute atomic E-state index is 0.198. The highest BCUT2D eigenvalue weighted by molar-refractivity contribution is 9.10. The molecule has 11 heteroatoms. The second-order valence-electron chi connectivity index (χ2n) is 5.72. The third kappa shape index (κ3) is 3.35. The first-order valence-electron chi connectivity index (χ1n) is 7.87. The topological polar surface area (TPSA) is 104 Å². The van der Waals surface area contributed by atoms with Crippen LogP contribution in [0.4, 0.5) is 0 Å². The molecule has 0 saturated carbocycles. The van der Waals surface area contributed by atoms with Crippen molar-refractivity contribution in [1.82, 2.24) is 29.2 Å². The van der Waals surface area contributed by atoms with Gasteiger partial charge in [-0.25, -0.2) is 8.42 Å². The number of nitrogens with one attached hydrogen (secondary N) is 1. The molecule has 0 radical (unpaired) electrons. The summed E-state index contributed by atoms with van der Waals surface area (Å²) in [7, 11) is -3.61. The number of aromatic amines is 1. The summed E-state index contributed by atoms with van der Waals surface area (Å²) in [5.41, 5.74) is 0.859. The summed E-state index contributed by atoms with van der Waals surface area (Å²) in [5, 5.41) is 10.7. The molecule has 1 aliphatic rings. The zero-order chi connectivity index (χ0) is 18.2. The van der Waals surface area contributed by atoms with E-state index in [-0.39, 0.29) is 23.9 Å². The van der Waals surface area contributed by atoms with Gasteiger partial charge in [-0.05, 0) is 29.8 Å². The maximum atomic E-state index is 12.8. The van der Waals surface area contributed by atoms with Crippen LogP contribution in [0.3, 0.4) is 0 Å². The Kier molecular flexibility index (Phi) is 4.98. The Morgan fingerprint density at radius 1 is 1.32 bits per heavy atom. The van der Waals surface area contributed by atoms with Crippen molar-refractivity contribution in [2.45, 2.75) is 25.3 Å². The first kappa shape index (κ1) is 18.1. The van der Waals surface area contributed by atoms with Gasteiger partial charge in [0.1, 0.15) is 10.6 Å². The highest BCUT2D eigenvalue weighted by atomic mass is 79.9. The third-order valence-corrected chi connectivity index (χ3v) is 6.78. The van der Waals surface area contributed by atoms with Crippen molar-refractivity contribution in [3.63, 3.8) is 0 Å². The van der Waals surface area contributed by atoms with Crippen molar-refractivity contribution in [1.29, 1.82) is 0 Å². The summed E-state index contributed by atoms with van der Waals surface area (Å²) in [4.78, 5) is 14.3. The number of sulfonamides is 1. The average molecular weight is 431 g/mol. The van der Waals surface area contributed by atoms with Crippen LogP contribution < -0.4 is 0 Å². The largest absolute Gasteiger partial charge is 0.335 e. The Morgan fingerprint density at radius 3 is 2.52 bits per heavy atom. The number of carbonyl (C=O) groups excluding carboxylic acids is 1. The minimum atomic E-state index is -3.61. The Hall–Kier alpha value is -1.72. The van der Waals surface area contributed by atoms with E-state index < -0.39 is 10.0 Å². The van der Waals surface area contributed by atoms with Crippen molar-refractivity contribution in [2.24, 2.45) is 0 Å². The summed E-state index contributed by atoms with van der Waals surface area (Å²) >= 11 is 3.27. The SMILES string of the molecule is CCn1cc(S(=O)(=O)N2CCN(C(=O)c3[nH]ncc3Br)CC2)c(C)n1. The van der Waals surface area contributed by atoms with Gasteiger partial charge in [-0.2, -0.15) is 14.5 Å². The average Bonchev–Trinajstić information content (AvgIpc) is 3.20. The van der Waals surface area contributed by atoms with E-state index in [1.54, 1.807) is 22.7 Å². The number of amides is 1. The Balaban J connectivity index is 1.72. The summed E-state index contributed by atoms with van der Waals surface area (Å²) in [6.45, 7) is 5.34. The molecule has 2 aromatic rings.